The first kappa shape index (κ1) is 23.0. The van der Waals surface area contributed by atoms with Crippen LogP contribution in [0.1, 0.15) is 11.1 Å². The third-order valence-corrected chi connectivity index (χ3v) is 5.43. The summed E-state index contributed by atoms with van der Waals surface area (Å²) in [5, 5.41) is 12.7. The highest BCUT2D eigenvalue weighted by Crippen LogP contribution is 2.35. The molecule has 0 atom stereocenters. The molecule has 3 aromatic rings. The second-order valence-electron chi connectivity index (χ2n) is 6.32. The first-order chi connectivity index (χ1) is 14.9. The summed E-state index contributed by atoms with van der Waals surface area (Å²) in [6, 6.07) is 18.2. The highest BCUT2D eigenvalue weighted by molar-refractivity contribution is 9.11. The van der Waals surface area contributed by atoms with Crippen molar-refractivity contribution in [1.29, 1.82) is 5.26 Å². The summed E-state index contributed by atoms with van der Waals surface area (Å²) >= 11 is 12.7. The van der Waals surface area contributed by atoms with Crippen LogP contribution in [-0.2, 0) is 11.4 Å². The zero-order chi connectivity index (χ0) is 22.4. The van der Waals surface area contributed by atoms with E-state index in [1.165, 1.54) is 12.1 Å². The second-order valence-corrected chi connectivity index (χ2v) is 8.52. The first-order valence-electron chi connectivity index (χ1n) is 8.91. The van der Waals surface area contributed by atoms with Gasteiger partial charge in [0.2, 0.25) is 0 Å². The van der Waals surface area contributed by atoms with Crippen LogP contribution in [0.5, 0.6) is 5.75 Å². The van der Waals surface area contributed by atoms with Crippen molar-refractivity contribution >= 4 is 61.1 Å². The van der Waals surface area contributed by atoms with E-state index in [0.717, 1.165) is 0 Å². The molecule has 31 heavy (non-hydrogen) atoms. The van der Waals surface area contributed by atoms with E-state index < -0.39 is 5.91 Å². The largest absolute Gasteiger partial charge is 0.487 e. The second kappa shape index (κ2) is 10.6. The Balaban J connectivity index is 1.89. The summed E-state index contributed by atoms with van der Waals surface area (Å²) in [6.45, 7) is -0.0212. The molecular weight excluding hydrogens is 551 g/mol. The highest BCUT2D eigenvalue weighted by Gasteiger charge is 2.15. The molecule has 8 heteroatoms. The molecule has 0 aliphatic rings. The van der Waals surface area contributed by atoms with Crippen LogP contribution in [0, 0.1) is 17.1 Å². The van der Waals surface area contributed by atoms with Crippen molar-refractivity contribution in [3.8, 4) is 11.8 Å². The van der Waals surface area contributed by atoms with Crippen LogP contribution in [0.15, 0.2) is 75.2 Å². The SMILES string of the molecule is N#C/C(=C\c1cc(Br)cc(Br)c1OCc1ccccc1F)C(=O)Nc1ccc(Cl)cc1. The van der Waals surface area contributed by atoms with Gasteiger partial charge in [0.25, 0.3) is 5.91 Å². The number of nitriles is 1. The summed E-state index contributed by atoms with van der Waals surface area (Å²) in [6.07, 6.45) is 1.41. The monoisotopic (exact) mass is 562 g/mol. The molecule has 3 rings (SSSR count). The third-order valence-electron chi connectivity index (χ3n) is 4.13. The van der Waals surface area contributed by atoms with Gasteiger partial charge in [-0.05, 0) is 64.5 Å². The minimum atomic E-state index is -0.582. The van der Waals surface area contributed by atoms with Crippen LogP contribution in [0.3, 0.4) is 0 Å². The van der Waals surface area contributed by atoms with Crippen LogP contribution >= 0.6 is 43.5 Å². The molecule has 0 heterocycles. The van der Waals surface area contributed by atoms with Crippen molar-refractivity contribution in [2.45, 2.75) is 6.61 Å². The number of carbonyl (C=O) groups excluding carboxylic acids is 1. The Hall–Kier alpha value is -2.66. The number of nitrogens with zero attached hydrogens (tertiary/aromatic N) is 1. The molecule has 0 aromatic heterocycles. The Labute approximate surface area is 200 Å². The fourth-order valence-electron chi connectivity index (χ4n) is 2.64. The lowest BCUT2D eigenvalue weighted by atomic mass is 10.1. The predicted octanol–water partition coefficient (Wildman–Crippen LogP) is 7.13. The summed E-state index contributed by atoms with van der Waals surface area (Å²) in [7, 11) is 0. The molecule has 0 aliphatic carbocycles. The van der Waals surface area contributed by atoms with Gasteiger partial charge < -0.3 is 10.1 Å². The average molecular weight is 565 g/mol. The number of amides is 1. The maximum Gasteiger partial charge on any atom is 0.266 e. The van der Waals surface area contributed by atoms with E-state index in [1.807, 2.05) is 6.07 Å². The fraction of sp³-hybridized carbons (Fsp3) is 0.0435. The number of carbonyl (C=O) groups is 1. The Morgan fingerprint density at radius 1 is 1.16 bits per heavy atom. The molecule has 1 amide bonds. The topological polar surface area (TPSA) is 62.1 Å². The summed E-state index contributed by atoms with van der Waals surface area (Å²) < 4.78 is 21.1. The molecule has 0 unspecified atom stereocenters. The Morgan fingerprint density at radius 2 is 1.87 bits per heavy atom. The van der Waals surface area contributed by atoms with Crippen LogP contribution in [0.4, 0.5) is 10.1 Å². The van der Waals surface area contributed by atoms with E-state index in [-0.39, 0.29) is 18.0 Å². The molecular formula is C23H14Br2ClFN2O2. The van der Waals surface area contributed by atoms with Crippen molar-refractivity contribution in [3.05, 3.63) is 97.1 Å². The Kier molecular flexibility index (Phi) is 7.85. The lowest BCUT2D eigenvalue weighted by molar-refractivity contribution is -0.112. The average Bonchev–Trinajstić information content (AvgIpc) is 2.74. The van der Waals surface area contributed by atoms with E-state index >= 15 is 0 Å². The van der Waals surface area contributed by atoms with E-state index in [4.69, 9.17) is 16.3 Å². The predicted molar refractivity (Wildman–Crippen MR) is 126 cm³/mol. The molecule has 156 valence electrons. The fourth-order valence-corrected chi connectivity index (χ4v) is 4.14. The van der Waals surface area contributed by atoms with Gasteiger partial charge in [0.1, 0.15) is 29.8 Å². The van der Waals surface area contributed by atoms with Crippen LogP contribution in [0.2, 0.25) is 5.02 Å². The molecule has 1 N–H and O–H groups in total. The van der Waals surface area contributed by atoms with Gasteiger partial charge in [-0.2, -0.15) is 5.26 Å². The number of anilines is 1. The molecule has 0 aliphatic heterocycles. The molecule has 0 fully saturated rings. The number of halogens is 4. The zero-order valence-corrected chi connectivity index (χ0v) is 19.8. The Bertz CT molecular complexity index is 1190. The van der Waals surface area contributed by atoms with Gasteiger partial charge in [0.05, 0.1) is 4.47 Å². The van der Waals surface area contributed by atoms with Crippen molar-refractivity contribution in [2.24, 2.45) is 0 Å². The molecule has 0 spiro atoms. The van der Waals surface area contributed by atoms with Gasteiger partial charge in [0.15, 0.2) is 0 Å². The van der Waals surface area contributed by atoms with E-state index in [1.54, 1.807) is 54.6 Å². The van der Waals surface area contributed by atoms with Crippen LogP contribution in [-0.4, -0.2) is 5.91 Å². The van der Waals surface area contributed by atoms with Crippen molar-refractivity contribution < 1.29 is 13.9 Å². The molecule has 0 radical (unpaired) electrons. The lowest BCUT2D eigenvalue weighted by Gasteiger charge is -2.13. The first-order valence-corrected chi connectivity index (χ1v) is 10.9. The van der Waals surface area contributed by atoms with Gasteiger partial charge in [-0.15, -0.1) is 0 Å². The normalized spacial score (nSPS) is 11.0. The molecule has 3 aromatic carbocycles. The quantitative estimate of drug-likeness (QED) is 0.256. The van der Waals surface area contributed by atoms with Crippen LogP contribution < -0.4 is 10.1 Å². The summed E-state index contributed by atoms with van der Waals surface area (Å²) in [5.41, 5.74) is 1.23. The highest BCUT2D eigenvalue weighted by atomic mass is 79.9. The molecule has 0 bridgehead atoms. The summed E-state index contributed by atoms with van der Waals surface area (Å²) in [5.74, 6) is -0.590. The van der Waals surface area contributed by atoms with Gasteiger partial charge >= 0.3 is 0 Å². The van der Waals surface area contributed by atoms with E-state index in [2.05, 4.69) is 37.2 Å². The maximum atomic E-state index is 13.9. The number of benzene rings is 3. The summed E-state index contributed by atoms with van der Waals surface area (Å²) in [4.78, 5) is 12.6. The molecule has 0 saturated heterocycles. The van der Waals surface area contributed by atoms with Crippen LogP contribution in [0.25, 0.3) is 6.08 Å². The number of nitrogens with one attached hydrogen (secondary N) is 1. The van der Waals surface area contributed by atoms with E-state index in [9.17, 15) is 14.4 Å². The number of rotatable bonds is 6. The lowest BCUT2D eigenvalue weighted by Crippen LogP contribution is -2.13. The van der Waals surface area contributed by atoms with Gasteiger partial charge in [-0.3, -0.25) is 4.79 Å². The smallest absolute Gasteiger partial charge is 0.266 e. The number of hydrogen-bond donors (Lipinski definition) is 1. The van der Waals surface area contributed by atoms with Gasteiger partial charge in [-0.25, -0.2) is 4.39 Å². The Morgan fingerprint density at radius 3 is 2.55 bits per heavy atom. The van der Waals surface area contributed by atoms with Gasteiger partial charge in [-0.1, -0.05) is 45.7 Å². The van der Waals surface area contributed by atoms with Crippen molar-refractivity contribution in [3.63, 3.8) is 0 Å². The minimum absolute atomic E-state index is 0.0212. The standard InChI is InChI=1S/C23H14Br2ClFN2O2/c24-17-10-15(9-16(12-28)23(30)29-19-7-5-18(26)6-8-19)22(20(25)11-17)31-13-14-3-1-2-4-21(14)27/h1-11H,13H2,(H,29,30)/b16-9+. The third kappa shape index (κ3) is 6.17. The van der Waals surface area contributed by atoms with Gasteiger partial charge in [0, 0.05) is 26.3 Å². The number of hydrogen-bond acceptors (Lipinski definition) is 3. The van der Waals surface area contributed by atoms with E-state index in [0.29, 0.717) is 36.5 Å². The minimum Gasteiger partial charge on any atom is -0.487 e. The zero-order valence-electron chi connectivity index (χ0n) is 15.8. The number of ether oxygens (including phenoxy) is 1. The molecule has 0 saturated carbocycles. The molecule has 4 nitrogen and oxygen atoms in total. The van der Waals surface area contributed by atoms with Crippen molar-refractivity contribution in [2.75, 3.05) is 5.32 Å². The van der Waals surface area contributed by atoms with Crippen molar-refractivity contribution in [1.82, 2.24) is 0 Å². The maximum absolute atomic E-state index is 13.9.